The van der Waals surface area contributed by atoms with E-state index >= 15 is 0 Å². The van der Waals surface area contributed by atoms with E-state index < -0.39 is 0 Å². The van der Waals surface area contributed by atoms with Gasteiger partial charge in [-0.1, -0.05) is 18.2 Å². The predicted molar refractivity (Wildman–Crippen MR) is 106 cm³/mol. The number of benzene rings is 1. The van der Waals surface area contributed by atoms with Crippen LogP contribution in [0.3, 0.4) is 0 Å². The standard InChI is InChI=1S/C20H27N3O2S/c1-15(21-16(2)24)20(19-9-6-14-26-19)23-12-10-22(11-13-23)17-7-4-5-8-18(17)25-3/h4-9,14-15,20H,10-13H2,1-3H3,(H,21,24)/p+1/t15-,20-/m1/s1. The van der Waals surface area contributed by atoms with Crippen LogP contribution >= 0.6 is 11.3 Å². The van der Waals surface area contributed by atoms with Crippen LogP contribution in [0.4, 0.5) is 5.69 Å². The molecule has 0 spiro atoms. The van der Waals surface area contributed by atoms with Gasteiger partial charge in [0, 0.05) is 6.92 Å². The summed E-state index contributed by atoms with van der Waals surface area (Å²) in [6, 6.07) is 12.9. The number of para-hydroxylation sites is 2. The Balaban J connectivity index is 1.72. The van der Waals surface area contributed by atoms with E-state index in [2.05, 4.69) is 46.8 Å². The molecule has 1 saturated heterocycles. The molecular formula is C20H28N3O2S+. The van der Waals surface area contributed by atoms with Gasteiger partial charge in [0.15, 0.2) is 0 Å². The van der Waals surface area contributed by atoms with Gasteiger partial charge in [-0.05, 0) is 30.5 Å². The van der Waals surface area contributed by atoms with Gasteiger partial charge in [0.25, 0.3) is 0 Å². The molecule has 2 N–H and O–H groups in total. The Labute approximate surface area is 159 Å². The third-order valence-electron chi connectivity index (χ3n) is 5.05. The molecule has 2 heterocycles. The van der Waals surface area contributed by atoms with E-state index in [1.165, 1.54) is 9.78 Å². The molecule has 0 radical (unpaired) electrons. The maximum Gasteiger partial charge on any atom is 0.217 e. The zero-order valence-corrected chi connectivity index (χ0v) is 16.5. The summed E-state index contributed by atoms with van der Waals surface area (Å²) < 4.78 is 5.52. The monoisotopic (exact) mass is 374 g/mol. The number of nitrogens with one attached hydrogen (secondary N) is 2. The molecule has 1 aliphatic heterocycles. The van der Waals surface area contributed by atoms with Crippen molar-refractivity contribution in [3.8, 4) is 5.75 Å². The maximum absolute atomic E-state index is 11.6. The van der Waals surface area contributed by atoms with Crippen LogP contribution in [0.2, 0.25) is 0 Å². The molecule has 0 saturated carbocycles. The number of ether oxygens (including phenoxy) is 1. The largest absolute Gasteiger partial charge is 0.495 e. The van der Waals surface area contributed by atoms with Gasteiger partial charge in [0.1, 0.15) is 11.8 Å². The number of piperazine rings is 1. The highest BCUT2D eigenvalue weighted by Crippen LogP contribution is 2.28. The van der Waals surface area contributed by atoms with Crippen LogP contribution in [0.25, 0.3) is 0 Å². The normalized spacial score (nSPS) is 17.6. The predicted octanol–water partition coefficient (Wildman–Crippen LogP) is 1.73. The molecule has 140 valence electrons. The highest BCUT2D eigenvalue weighted by atomic mass is 32.1. The molecule has 0 unspecified atom stereocenters. The number of anilines is 1. The van der Waals surface area contributed by atoms with E-state index in [1.807, 2.05) is 12.1 Å². The van der Waals surface area contributed by atoms with Gasteiger partial charge in [-0.15, -0.1) is 11.3 Å². The molecule has 1 amide bonds. The molecule has 1 aromatic heterocycles. The first-order valence-electron chi connectivity index (χ1n) is 9.13. The highest BCUT2D eigenvalue weighted by molar-refractivity contribution is 7.10. The molecule has 1 aromatic carbocycles. The van der Waals surface area contributed by atoms with E-state index in [4.69, 9.17) is 4.74 Å². The second kappa shape index (κ2) is 8.56. The van der Waals surface area contributed by atoms with E-state index in [9.17, 15) is 4.79 Å². The van der Waals surface area contributed by atoms with Crippen LogP contribution in [0.1, 0.15) is 24.8 Å². The third kappa shape index (κ3) is 4.19. The van der Waals surface area contributed by atoms with Crippen molar-refractivity contribution in [2.75, 3.05) is 38.2 Å². The second-order valence-electron chi connectivity index (χ2n) is 6.80. The summed E-state index contributed by atoms with van der Waals surface area (Å²) >= 11 is 1.78. The topological polar surface area (TPSA) is 46.0 Å². The van der Waals surface area contributed by atoms with Crippen molar-refractivity contribution in [2.24, 2.45) is 0 Å². The number of quaternary nitrogens is 1. The number of hydrogen-bond acceptors (Lipinski definition) is 4. The fraction of sp³-hybridized carbons (Fsp3) is 0.450. The number of hydrogen-bond donors (Lipinski definition) is 2. The molecule has 2 atom stereocenters. The Morgan fingerprint density at radius 1 is 1.23 bits per heavy atom. The number of methoxy groups -OCH3 is 1. The SMILES string of the molecule is COc1ccccc1N1CC[NH+]([C@@H](c2cccs2)[C@@H](C)NC(C)=O)CC1. The average molecular weight is 375 g/mol. The molecule has 5 nitrogen and oxygen atoms in total. The molecule has 0 bridgehead atoms. The van der Waals surface area contributed by atoms with Crippen molar-refractivity contribution in [3.05, 3.63) is 46.7 Å². The average Bonchev–Trinajstić information content (AvgIpc) is 3.16. The van der Waals surface area contributed by atoms with Crippen LogP contribution in [-0.4, -0.2) is 45.2 Å². The van der Waals surface area contributed by atoms with Gasteiger partial charge in [0.05, 0.1) is 49.9 Å². The molecular weight excluding hydrogens is 346 g/mol. The number of thiophene rings is 1. The van der Waals surface area contributed by atoms with Gasteiger partial charge in [0.2, 0.25) is 5.91 Å². The lowest BCUT2D eigenvalue weighted by atomic mass is 10.0. The van der Waals surface area contributed by atoms with Crippen molar-refractivity contribution in [2.45, 2.75) is 25.9 Å². The van der Waals surface area contributed by atoms with Crippen LogP contribution in [0.15, 0.2) is 41.8 Å². The van der Waals surface area contributed by atoms with Crippen molar-refractivity contribution in [1.29, 1.82) is 0 Å². The molecule has 2 aromatic rings. The summed E-state index contributed by atoms with van der Waals surface area (Å²) in [4.78, 5) is 16.8. The quantitative estimate of drug-likeness (QED) is 0.810. The van der Waals surface area contributed by atoms with E-state index in [0.717, 1.165) is 37.6 Å². The Kier molecular flexibility index (Phi) is 6.16. The summed E-state index contributed by atoms with van der Waals surface area (Å²) in [7, 11) is 1.72. The Morgan fingerprint density at radius 2 is 1.96 bits per heavy atom. The minimum atomic E-state index is 0.0334. The number of carbonyl (C=O) groups excluding carboxylic acids is 1. The van der Waals surface area contributed by atoms with Gasteiger partial charge in [-0.25, -0.2) is 0 Å². The van der Waals surface area contributed by atoms with Crippen molar-refractivity contribution in [3.63, 3.8) is 0 Å². The van der Waals surface area contributed by atoms with Gasteiger partial charge < -0.3 is 19.9 Å². The fourth-order valence-electron chi connectivity index (χ4n) is 3.91. The molecule has 6 heteroatoms. The molecule has 3 rings (SSSR count). The lowest BCUT2D eigenvalue weighted by Gasteiger charge is -2.39. The molecule has 1 aliphatic rings. The summed E-state index contributed by atoms with van der Waals surface area (Å²) in [6.45, 7) is 7.73. The van der Waals surface area contributed by atoms with Crippen molar-refractivity contribution in [1.82, 2.24) is 5.32 Å². The summed E-state index contributed by atoms with van der Waals surface area (Å²) in [5.74, 6) is 0.962. The smallest absolute Gasteiger partial charge is 0.217 e. The van der Waals surface area contributed by atoms with Crippen LogP contribution in [-0.2, 0) is 4.79 Å². The first-order valence-corrected chi connectivity index (χ1v) is 10.0. The third-order valence-corrected chi connectivity index (χ3v) is 6.01. The lowest BCUT2D eigenvalue weighted by Crippen LogP contribution is -3.16. The number of nitrogens with zero attached hydrogens (tertiary/aromatic N) is 1. The zero-order chi connectivity index (χ0) is 18.5. The number of amides is 1. The van der Waals surface area contributed by atoms with Gasteiger partial charge in [-0.2, -0.15) is 0 Å². The van der Waals surface area contributed by atoms with Gasteiger partial charge in [-0.3, -0.25) is 4.79 Å². The summed E-state index contributed by atoms with van der Waals surface area (Å²) in [6.07, 6.45) is 0. The maximum atomic E-state index is 11.6. The van der Waals surface area contributed by atoms with Crippen molar-refractivity contribution < 1.29 is 14.4 Å². The Morgan fingerprint density at radius 3 is 2.58 bits per heavy atom. The van der Waals surface area contributed by atoms with Crippen LogP contribution in [0.5, 0.6) is 5.75 Å². The Hall–Kier alpha value is -2.05. The zero-order valence-electron chi connectivity index (χ0n) is 15.7. The first kappa shape index (κ1) is 18.7. The number of rotatable bonds is 6. The highest BCUT2D eigenvalue weighted by Gasteiger charge is 2.34. The minimum absolute atomic E-state index is 0.0334. The van der Waals surface area contributed by atoms with E-state index in [1.54, 1.807) is 25.4 Å². The van der Waals surface area contributed by atoms with Crippen LogP contribution < -0.4 is 19.9 Å². The summed E-state index contributed by atoms with van der Waals surface area (Å²) in [5, 5.41) is 5.22. The first-order chi connectivity index (χ1) is 12.6. The molecule has 1 fully saturated rings. The van der Waals surface area contributed by atoms with Crippen LogP contribution in [0, 0.1) is 0 Å². The minimum Gasteiger partial charge on any atom is -0.495 e. The number of carbonyl (C=O) groups is 1. The van der Waals surface area contributed by atoms with E-state index in [-0.39, 0.29) is 11.9 Å². The summed E-state index contributed by atoms with van der Waals surface area (Å²) in [5.41, 5.74) is 1.16. The fourth-order valence-corrected chi connectivity index (χ4v) is 4.90. The second-order valence-corrected chi connectivity index (χ2v) is 7.78. The molecule has 0 aliphatic carbocycles. The van der Waals surface area contributed by atoms with Gasteiger partial charge >= 0.3 is 0 Å². The Bertz CT molecular complexity index is 712. The van der Waals surface area contributed by atoms with E-state index in [0.29, 0.717) is 6.04 Å². The van der Waals surface area contributed by atoms with Crippen molar-refractivity contribution >= 4 is 22.9 Å². The lowest BCUT2D eigenvalue weighted by molar-refractivity contribution is -0.933. The molecule has 26 heavy (non-hydrogen) atoms.